The van der Waals surface area contributed by atoms with Crippen molar-refractivity contribution >= 4 is 11.7 Å². The van der Waals surface area contributed by atoms with E-state index in [0.29, 0.717) is 11.1 Å². The van der Waals surface area contributed by atoms with Gasteiger partial charge >= 0.3 is 0 Å². The first kappa shape index (κ1) is 7.98. The molecule has 3 nitrogen and oxygen atoms in total. The van der Waals surface area contributed by atoms with Gasteiger partial charge < -0.3 is 4.90 Å². The van der Waals surface area contributed by atoms with E-state index < -0.39 is 0 Å². The summed E-state index contributed by atoms with van der Waals surface area (Å²) in [6.45, 7) is 3.61. The van der Waals surface area contributed by atoms with Crippen molar-refractivity contribution in [1.82, 2.24) is 4.90 Å². The van der Waals surface area contributed by atoms with Gasteiger partial charge in [0.15, 0.2) is 5.78 Å². The third kappa shape index (κ3) is 1.18. The van der Waals surface area contributed by atoms with Crippen LogP contribution < -0.4 is 0 Å². The molecule has 0 aromatic carbocycles. The van der Waals surface area contributed by atoms with Gasteiger partial charge in [0.25, 0.3) is 0 Å². The van der Waals surface area contributed by atoms with Gasteiger partial charge in [-0.1, -0.05) is 0 Å². The van der Waals surface area contributed by atoms with Gasteiger partial charge in [-0.2, -0.15) is 0 Å². The number of hydrogen-bond acceptors (Lipinski definition) is 2. The van der Waals surface area contributed by atoms with E-state index in [2.05, 4.69) is 0 Å². The van der Waals surface area contributed by atoms with Crippen LogP contribution in [-0.2, 0) is 9.59 Å². The molecule has 0 radical (unpaired) electrons. The SMILES string of the molecule is CC1=C(C)C(=O)N(C)CC1=O. The lowest BCUT2D eigenvalue weighted by Crippen LogP contribution is -2.38. The van der Waals surface area contributed by atoms with Crippen LogP contribution in [0.15, 0.2) is 11.1 Å². The maximum Gasteiger partial charge on any atom is 0.250 e. The van der Waals surface area contributed by atoms with Gasteiger partial charge in [0.05, 0.1) is 6.54 Å². The van der Waals surface area contributed by atoms with Crippen molar-refractivity contribution in [1.29, 1.82) is 0 Å². The highest BCUT2D eigenvalue weighted by atomic mass is 16.2. The summed E-state index contributed by atoms with van der Waals surface area (Å²) in [4.78, 5) is 23.7. The molecule has 0 bridgehead atoms. The molecule has 0 N–H and O–H groups in total. The Balaban J connectivity index is 3.08. The predicted octanol–water partition coefficient (Wildman–Crippen LogP) is 0.364. The van der Waals surface area contributed by atoms with E-state index in [-0.39, 0.29) is 18.2 Å². The lowest BCUT2D eigenvalue weighted by Gasteiger charge is -2.22. The minimum atomic E-state index is -0.0397. The van der Waals surface area contributed by atoms with Crippen molar-refractivity contribution in [3.63, 3.8) is 0 Å². The van der Waals surface area contributed by atoms with Crippen LogP contribution in [0, 0.1) is 0 Å². The summed E-state index contributed by atoms with van der Waals surface area (Å²) in [6.07, 6.45) is 0. The molecule has 3 heteroatoms. The molecule has 11 heavy (non-hydrogen) atoms. The normalized spacial score (nSPS) is 19.7. The Hall–Kier alpha value is -1.12. The van der Waals surface area contributed by atoms with Crippen molar-refractivity contribution in [2.45, 2.75) is 13.8 Å². The van der Waals surface area contributed by atoms with Gasteiger partial charge in [-0.05, 0) is 13.8 Å². The number of ketones is 1. The average molecular weight is 153 g/mol. The molecule has 0 spiro atoms. The molecule has 1 rings (SSSR count). The lowest BCUT2D eigenvalue weighted by molar-refractivity contribution is -0.131. The van der Waals surface area contributed by atoms with Crippen LogP contribution in [0.3, 0.4) is 0 Å². The second-order valence-electron chi connectivity index (χ2n) is 2.83. The summed E-state index contributed by atoms with van der Waals surface area (Å²) in [5, 5.41) is 0. The van der Waals surface area contributed by atoms with Gasteiger partial charge in [-0.3, -0.25) is 9.59 Å². The number of nitrogens with zero attached hydrogens (tertiary/aromatic N) is 1. The van der Waals surface area contributed by atoms with Crippen molar-refractivity contribution < 1.29 is 9.59 Å². The number of hydrogen-bond donors (Lipinski definition) is 0. The summed E-state index contributed by atoms with van der Waals surface area (Å²) in [5.41, 5.74) is 1.18. The third-order valence-electron chi connectivity index (χ3n) is 2.03. The summed E-state index contributed by atoms with van der Waals surface area (Å²) >= 11 is 0. The molecule has 0 saturated heterocycles. The lowest BCUT2D eigenvalue weighted by atomic mass is 10.0. The van der Waals surface area contributed by atoms with E-state index in [1.54, 1.807) is 20.9 Å². The molecule has 0 aliphatic carbocycles. The number of carbonyl (C=O) groups excluding carboxylic acids is 2. The van der Waals surface area contributed by atoms with Crippen LogP contribution in [0.2, 0.25) is 0 Å². The summed E-state index contributed by atoms with van der Waals surface area (Å²) < 4.78 is 0. The van der Waals surface area contributed by atoms with Crippen LogP contribution >= 0.6 is 0 Å². The topological polar surface area (TPSA) is 37.4 Å². The highest BCUT2D eigenvalue weighted by Crippen LogP contribution is 2.13. The average Bonchev–Trinajstić information content (AvgIpc) is 1.97. The van der Waals surface area contributed by atoms with Crippen molar-refractivity contribution in [3.8, 4) is 0 Å². The zero-order valence-electron chi connectivity index (χ0n) is 6.97. The molecule has 0 fully saturated rings. The standard InChI is InChI=1S/C8H11NO2/c1-5-6(2)8(11)9(3)4-7(5)10/h4H2,1-3H3. The predicted molar refractivity (Wildman–Crippen MR) is 41.0 cm³/mol. The molecule has 0 aromatic heterocycles. The van der Waals surface area contributed by atoms with E-state index in [1.165, 1.54) is 4.90 Å². The van der Waals surface area contributed by atoms with E-state index in [0.717, 1.165) is 0 Å². The fraction of sp³-hybridized carbons (Fsp3) is 0.500. The van der Waals surface area contributed by atoms with E-state index >= 15 is 0 Å². The summed E-state index contributed by atoms with van der Waals surface area (Å²) in [6, 6.07) is 0. The Bertz CT molecular complexity index is 253. The molecule has 0 saturated carbocycles. The molecular weight excluding hydrogens is 142 g/mol. The van der Waals surface area contributed by atoms with Gasteiger partial charge in [0, 0.05) is 18.2 Å². The van der Waals surface area contributed by atoms with Crippen LogP contribution in [0.4, 0.5) is 0 Å². The smallest absolute Gasteiger partial charge is 0.250 e. The Morgan fingerprint density at radius 2 is 1.73 bits per heavy atom. The molecule has 0 aromatic rings. The quantitative estimate of drug-likeness (QED) is 0.504. The summed E-state index contributed by atoms with van der Waals surface area (Å²) in [7, 11) is 1.64. The first-order valence-electron chi connectivity index (χ1n) is 3.50. The molecule has 1 aliphatic rings. The largest absolute Gasteiger partial charge is 0.334 e. The molecule has 0 atom stereocenters. The van der Waals surface area contributed by atoms with Gasteiger partial charge in [0.2, 0.25) is 5.91 Å². The van der Waals surface area contributed by atoms with Crippen LogP contribution in [0.1, 0.15) is 13.8 Å². The van der Waals surface area contributed by atoms with Crippen molar-refractivity contribution in [2.24, 2.45) is 0 Å². The first-order chi connectivity index (χ1) is 5.04. The number of Topliss-reactive ketones (excluding diaryl/α,β-unsaturated/α-hetero) is 1. The second-order valence-corrected chi connectivity index (χ2v) is 2.83. The Morgan fingerprint density at radius 1 is 1.18 bits per heavy atom. The fourth-order valence-electron chi connectivity index (χ4n) is 1.06. The van der Waals surface area contributed by atoms with Gasteiger partial charge in [-0.15, -0.1) is 0 Å². The number of carbonyl (C=O) groups is 2. The molecular formula is C8H11NO2. The van der Waals surface area contributed by atoms with Crippen molar-refractivity contribution in [3.05, 3.63) is 11.1 Å². The zero-order valence-corrected chi connectivity index (χ0v) is 6.97. The maximum atomic E-state index is 11.2. The molecule has 1 heterocycles. The van der Waals surface area contributed by atoms with E-state index in [4.69, 9.17) is 0 Å². The zero-order chi connectivity index (χ0) is 8.59. The highest BCUT2D eigenvalue weighted by molar-refractivity contribution is 6.10. The molecule has 1 amide bonds. The highest BCUT2D eigenvalue weighted by Gasteiger charge is 2.24. The van der Waals surface area contributed by atoms with E-state index in [1.807, 2.05) is 0 Å². The minimum absolute atomic E-state index is 0.0397. The molecule has 0 unspecified atom stereocenters. The monoisotopic (exact) mass is 153 g/mol. The molecule has 1 aliphatic heterocycles. The van der Waals surface area contributed by atoms with E-state index in [9.17, 15) is 9.59 Å². The fourth-order valence-corrected chi connectivity index (χ4v) is 1.06. The third-order valence-corrected chi connectivity index (χ3v) is 2.03. The summed E-state index contributed by atoms with van der Waals surface area (Å²) in [5.74, 6) is 0.00620. The first-order valence-corrected chi connectivity index (χ1v) is 3.50. The van der Waals surface area contributed by atoms with Crippen LogP contribution in [-0.4, -0.2) is 30.2 Å². The Kier molecular flexibility index (Phi) is 1.81. The van der Waals surface area contributed by atoms with Gasteiger partial charge in [0.1, 0.15) is 0 Å². The Morgan fingerprint density at radius 3 is 2.27 bits per heavy atom. The molecule has 60 valence electrons. The maximum absolute atomic E-state index is 11.2. The van der Waals surface area contributed by atoms with Crippen molar-refractivity contribution in [2.75, 3.05) is 13.6 Å². The van der Waals surface area contributed by atoms with Crippen LogP contribution in [0.5, 0.6) is 0 Å². The number of amides is 1. The Labute approximate surface area is 65.7 Å². The second kappa shape index (κ2) is 2.49. The number of rotatable bonds is 0. The van der Waals surface area contributed by atoms with Gasteiger partial charge in [-0.25, -0.2) is 0 Å². The number of likely N-dealkylation sites (N-methyl/N-ethyl adjacent to an activating group) is 1. The van der Waals surface area contributed by atoms with Crippen LogP contribution in [0.25, 0.3) is 0 Å². The minimum Gasteiger partial charge on any atom is -0.334 e.